The van der Waals surface area contributed by atoms with E-state index in [0.29, 0.717) is 11.3 Å². The molecule has 116 valence electrons. The molecule has 4 heteroatoms. The number of nitrogens with zero attached hydrogens (tertiary/aromatic N) is 2. The first-order valence-corrected chi connectivity index (χ1v) is 7.37. The van der Waals surface area contributed by atoms with Gasteiger partial charge in [0.2, 0.25) is 0 Å². The van der Waals surface area contributed by atoms with Gasteiger partial charge in [0.15, 0.2) is 0 Å². The van der Waals surface area contributed by atoms with Crippen molar-refractivity contribution < 1.29 is 4.79 Å². The van der Waals surface area contributed by atoms with Gasteiger partial charge in [0, 0.05) is 11.3 Å². The molecule has 2 rings (SSSR count). The average molecular weight is 305 g/mol. The molecule has 0 aliphatic heterocycles. The number of benzene rings is 2. The number of rotatable bonds is 5. The maximum Gasteiger partial charge on any atom is 0.255 e. The molecule has 0 bridgehead atoms. The van der Waals surface area contributed by atoms with Crippen molar-refractivity contribution in [2.75, 3.05) is 5.32 Å². The van der Waals surface area contributed by atoms with E-state index in [4.69, 9.17) is 0 Å². The summed E-state index contributed by atoms with van der Waals surface area (Å²) < 4.78 is 0. The average Bonchev–Trinajstić information content (AvgIpc) is 2.59. The van der Waals surface area contributed by atoms with Crippen molar-refractivity contribution in [3.8, 4) is 0 Å². The van der Waals surface area contributed by atoms with Crippen molar-refractivity contribution in [2.24, 2.45) is 10.2 Å². The minimum atomic E-state index is -0.149. The van der Waals surface area contributed by atoms with Crippen LogP contribution in [0, 0.1) is 0 Å². The summed E-state index contributed by atoms with van der Waals surface area (Å²) in [6.45, 7) is 3.82. The molecule has 0 heterocycles. The third kappa shape index (κ3) is 5.36. The van der Waals surface area contributed by atoms with Crippen LogP contribution in [0.4, 0.5) is 11.4 Å². The molecule has 4 nitrogen and oxygen atoms in total. The van der Waals surface area contributed by atoms with E-state index in [1.54, 1.807) is 24.3 Å². The van der Waals surface area contributed by atoms with Crippen LogP contribution in [0.1, 0.15) is 24.2 Å². The van der Waals surface area contributed by atoms with E-state index in [1.807, 2.05) is 62.4 Å². The zero-order valence-corrected chi connectivity index (χ0v) is 13.2. The first kappa shape index (κ1) is 16.4. The number of allylic oxidation sites excluding steroid dienone is 4. The van der Waals surface area contributed by atoms with Gasteiger partial charge in [-0.25, -0.2) is 0 Å². The number of carbonyl (C=O) groups is 1. The molecule has 0 aromatic heterocycles. The van der Waals surface area contributed by atoms with Crippen molar-refractivity contribution in [2.45, 2.75) is 13.8 Å². The molecule has 0 spiro atoms. The smallest absolute Gasteiger partial charge is 0.255 e. The Hall–Kier alpha value is -3.01. The number of amides is 1. The highest BCUT2D eigenvalue weighted by Gasteiger charge is 2.05. The molecule has 23 heavy (non-hydrogen) atoms. The Labute approximate surface area is 136 Å². The molecule has 2 aromatic rings. The van der Waals surface area contributed by atoms with Crippen LogP contribution in [0.25, 0.3) is 0 Å². The highest BCUT2D eigenvalue weighted by Crippen LogP contribution is 2.16. The van der Waals surface area contributed by atoms with Gasteiger partial charge in [0.1, 0.15) is 0 Å². The zero-order valence-electron chi connectivity index (χ0n) is 13.2. The number of azo groups is 1. The monoisotopic (exact) mass is 305 g/mol. The van der Waals surface area contributed by atoms with Crippen LogP contribution < -0.4 is 5.32 Å². The third-order valence-electron chi connectivity index (χ3n) is 3.01. The Balaban J connectivity index is 2.02. The second-order valence-corrected chi connectivity index (χ2v) is 4.90. The fourth-order valence-electron chi connectivity index (χ4n) is 1.81. The second-order valence-electron chi connectivity index (χ2n) is 4.90. The number of para-hydroxylation sites is 1. The first-order chi connectivity index (χ1) is 11.2. The van der Waals surface area contributed by atoms with E-state index in [9.17, 15) is 4.79 Å². The van der Waals surface area contributed by atoms with Crippen molar-refractivity contribution in [1.82, 2.24) is 0 Å². The van der Waals surface area contributed by atoms with E-state index in [2.05, 4.69) is 15.5 Å². The Kier molecular flexibility index (Phi) is 6.00. The standard InChI is InChI=1S/C19H19N3O/c1-3-4-8-15(2)21-22-18-13-11-16(12-14-18)19(23)20-17-9-6-5-7-10-17/h3-14H,1-2H3,(H,20,23)/b4-3-,15-8+,22-21?. The summed E-state index contributed by atoms with van der Waals surface area (Å²) >= 11 is 0. The molecule has 0 atom stereocenters. The van der Waals surface area contributed by atoms with Crippen LogP contribution in [-0.4, -0.2) is 5.91 Å². The maximum absolute atomic E-state index is 12.1. The molecular weight excluding hydrogens is 286 g/mol. The lowest BCUT2D eigenvalue weighted by molar-refractivity contribution is 0.102. The quantitative estimate of drug-likeness (QED) is 0.575. The van der Waals surface area contributed by atoms with Crippen LogP contribution in [0.3, 0.4) is 0 Å². The second kappa shape index (κ2) is 8.44. The Morgan fingerprint density at radius 3 is 2.39 bits per heavy atom. The molecule has 0 radical (unpaired) electrons. The van der Waals surface area contributed by atoms with Crippen LogP contribution in [0.2, 0.25) is 0 Å². The van der Waals surface area contributed by atoms with Crippen molar-refractivity contribution in [1.29, 1.82) is 0 Å². The van der Waals surface area contributed by atoms with Crippen molar-refractivity contribution >= 4 is 17.3 Å². The fraction of sp³-hybridized carbons (Fsp3) is 0.105. The Morgan fingerprint density at radius 1 is 1.04 bits per heavy atom. The van der Waals surface area contributed by atoms with Gasteiger partial charge in [-0.15, -0.1) is 0 Å². The summed E-state index contributed by atoms with van der Waals surface area (Å²) in [4.78, 5) is 12.1. The number of hydrogen-bond donors (Lipinski definition) is 1. The lowest BCUT2D eigenvalue weighted by Crippen LogP contribution is -2.11. The summed E-state index contributed by atoms with van der Waals surface area (Å²) in [7, 11) is 0. The number of nitrogens with one attached hydrogen (secondary N) is 1. The third-order valence-corrected chi connectivity index (χ3v) is 3.01. The maximum atomic E-state index is 12.1. The van der Waals surface area contributed by atoms with Gasteiger partial charge in [0.05, 0.1) is 11.4 Å². The molecule has 1 N–H and O–H groups in total. The van der Waals surface area contributed by atoms with Crippen molar-refractivity contribution in [3.05, 3.63) is 84.1 Å². The Morgan fingerprint density at radius 2 is 1.74 bits per heavy atom. The van der Waals surface area contributed by atoms with Crippen LogP contribution >= 0.6 is 0 Å². The largest absolute Gasteiger partial charge is 0.322 e. The topological polar surface area (TPSA) is 53.8 Å². The summed E-state index contributed by atoms with van der Waals surface area (Å²) in [5, 5.41) is 11.1. The number of hydrogen-bond acceptors (Lipinski definition) is 3. The molecule has 0 saturated carbocycles. The van der Waals surface area contributed by atoms with E-state index in [1.165, 1.54) is 0 Å². The van der Waals surface area contributed by atoms with Gasteiger partial charge in [-0.05, 0) is 56.3 Å². The summed E-state index contributed by atoms with van der Waals surface area (Å²) in [6, 6.07) is 16.4. The van der Waals surface area contributed by atoms with Gasteiger partial charge < -0.3 is 5.32 Å². The SMILES string of the molecule is C/C=C\C=C(/C)N=Nc1ccc(C(=O)Nc2ccccc2)cc1. The predicted molar refractivity (Wildman–Crippen MR) is 93.9 cm³/mol. The van der Waals surface area contributed by atoms with Crippen LogP contribution in [0.15, 0.2) is 88.8 Å². The van der Waals surface area contributed by atoms with Crippen molar-refractivity contribution in [3.63, 3.8) is 0 Å². The minimum Gasteiger partial charge on any atom is -0.322 e. The normalized spacial score (nSPS) is 12.0. The number of carbonyl (C=O) groups excluding carboxylic acids is 1. The van der Waals surface area contributed by atoms with Gasteiger partial charge in [-0.1, -0.05) is 30.4 Å². The van der Waals surface area contributed by atoms with E-state index in [0.717, 1.165) is 11.4 Å². The molecule has 0 fully saturated rings. The van der Waals surface area contributed by atoms with Gasteiger partial charge in [-0.3, -0.25) is 4.79 Å². The highest BCUT2D eigenvalue weighted by atomic mass is 16.1. The first-order valence-electron chi connectivity index (χ1n) is 7.37. The molecule has 1 amide bonds. The molecule has 2 aromatic carbocycles. The van der Waals surface area contributed by atoms with E-state index < -0.39 is 0 Å². The molecule has 0 aliphatic carbocycles. The van der Waals surface area contributed by atoms with Gasteiger partial charge in [-0.2, -0.15) is 10.2 Å². The van der Waals surface area contributed by atoms with Gasteiger partial charge in [0.25, 0.3) is 5.91 Å². The summed E-state index contributed by atoms with van der Waals surface area (Å²) in [5.41, 5.74) is 2.86. The van der Waals surface area contributed by atoms with E-state index >= 15 is 0 Å². The molecular formula is C19H19N3O. The number of anilines is 1. The van der Waals surface area contributed by atoms with Crippen LogP contribution in [0.5, 0.6) is 0 Å². The predicted octanol–water partition coefficient (Wildman–Crippen LogP) is 5.50. The molecule has 0 unspecified atom stereocenters. The zero-order chi connectivity index (χ0) is 16.5. The fourth-order valence-corrected chi connectivity index (χ4v) is 1.81. The molecule has 0 saturated heterocycles. The lowest BCUT2D eigenvalue weighted by Gasteiger charge is -2.04. The molecule has 0 aliphatic rings. The summed E-state index contributed by atoms with van der Waals surface area (Å²) in [6.07, 6.45) is 5.72. The van der Waals surface area contributed by atoms with Gasteiger partial charge >= 0.3 is 0 Å². The lowest BCUT2D eigenvalue weighted by atomic mass is 10.2. The minimum absolute atomic E-state index is 0.149. The Bertz CT molecular complexity index is 729. The highest BCUT2D eigenvalue weighted by molar-refractivity contribution is 6.04. The van der Waals surface area contributed by atoms with Crippen LogP contribution in [-0.2, 0) is 0 Å². The van der Waals surface area contributed by atoms with E-state index in [-0.39, 0.29) is 5.91 Å². The summed E-state index contributed by atoms with van der Waals surface area (Å²) in [5.74, 6) is -0.149.